The van der Waals surface area contributed by atoms with E-state index in [4.69, 9.17) is 0 Å². The molecule has 2 heterocycles. The minimum atomic E-state index is -0.0634. The predicted molar refractivity (Wildman–Crippen MR) is 122 cm³/mol. The van der Waals surface area contributed by atoms with E-state index in [9.17, 15) is 4.79 Å². The largest absolute Gasteiger partial charge is 0.288 e. The third-order valence-electron chi connectivity index (χ3n) is 5.54. The Hall–Kier alpha value is -3.59. The Labute approximate surface area is 177 Å². The first-order chi connectivity index (χ1) is 14.5. The molecule has 0 saturated carbocycles. The van der Waals surface area contributed by atoms with Crippen LogP contribution in [0.3, 0.4) is 0 Å². The minimum Gasteiger partial charge on any atom is -0.288 e. The Bertz CT molecular complexity index is 1120. The zero-order chi connectivity index (χ0) is 21.3. The maximum atomic E-state index is 13.8. The van der Waals surface area contributed by atoms with Gasteiger partial charge >= 0.3 is 0 Å². The van der Waals surface area contributed by atoms with Crippen molar-refractivity contribution in [3.8, 4) is 22.5 Å². The van der Waals surface area contributed by atoms with Gasteiger partial charge in [-0.3, -0.25) is 14.8 Å². The molecule has 0 fully saturated rings. The first-order valence-corrected chi connectivity index (χ1v) is 10.1. The van der Waals surface area contributed by atoms with Gasteiger partial charge in [0, 0.05) is 34.6 Å². The Morgan fingerprint density at radius 2 is 0.933 bits per heavy atom. The highest BCUT2D eigenvalue weighted by Crippen LogP contribution is 2.33. The second kappa shape index (κ2) is 8.03. The van der Waals surface area contributed by atoms with E-state index >= 15 is 0 Å². The van der Waals surface area contributed by atoms with Gasteiger partial charge in [0.15, 0.2) is 5.78 Å². The van der Waals surface area contributed by atoms with E-state index in [-0.39, 0.29) is 5.78 Å². The van der Waals surface area contributed by atoms with Crippen LogP contribution in [0.5, 0.6) is 0 Å². The Kier molecular flexibility index (Phi) is 5.28. The normalized spacial score (nSPS) is 10.8. The van der Waals surface area contributed by atoms with Crippen molar-refractivity contribution in [3.05, 3.63) is 106 Å². The van der Waals surface area contributed by atoms with E-state index in [0.717, 1.165) is 44.8 Å². The summed E-state index contributed by atoms with van der Waals surface area (Å²) in [7, 11) is 0. The van der Waals surface area contributed by atoms with Gasteiger partial charge in [-0.2, -0.15) is 0 Å². The lowest BCUT2D eigenvalue weighted by molar-refractivity contribution is 0.103. The Balaban J connectivity index is 1.92. The molecule has 148 valence electrons. The third-order valence-corrected chi connectivity index (χ3v) is 5.54. The fraction of sp³-hybridized carbons (Fsp3) is 0.148. The first kappa shape index (κ1) is 19.7. The number of carbonyl (C=O) groups is 1. The van der Waals surface area contributed by atoms with E-state index in [1.165, 1.54) is 0 Å². The van der Waals surface area contributed by atoms with Gasteiger partial charge in [0.2, 0.25) is 0 Å². The van der Waals surface area contributed by atoms with Crippen LogP contribution in [0.25, 0.3) is 22.5 Å². The highest BCUT2D eigenvalue weighted by atomic mass is 16.1. The molecule has 0 aliphatic heterocycles. The van der Waals surface area contributed by atoms with Crippen LogP contribution in [0.4, 0.5) is 0 Å². The standard InChI is InChI=1S/C27H24N2O/c1-17-9-5-10-18(2)23(17)25-21(13-7-15-28-25)27(30)22-14-8-16-29-26(22)24-19(3)11-6-12-20(24)4/h5-16H,1-4H3. The fourth-order valence-corrected chi connectivity index (χ4v) is 4.10. The van der Waals surface area contributed by atoms with Crippen LogP contribution in [0.1, 0.15) is 38.2 Å². The quantitative estimate of drug-likeness (QED) is 0.384. The van der Waals surface area contributed by atoms with Crippen molar-refractivity contribution in [2.75, 3.05) is 0 Å². The Morgan fingerprint density at radius 1 is 0.567 bits per heavy atom. The number of hydrogen-bond donors (Lipinski definition) is 0. The second-order valence-electron chi connectivity index (χ2n) is 7.66. The number of nitrogens with zero attached hydrogens (tertiary/aromatic N) is 2. The molecule has 0 atom stereocenters. The molecule has 0 N–H and O–H groups in total. The SMILES string of the molecule is Cc1cccc(C)c1-c1ncccc1C(=O)c1cccnc1-c1c(C)cccc1C. The maximum Gasteiger partial charge on any atom is 0.197 e. The van der Waals surface area contributed by atoms with Gasteiger partial charge in [-0.25, -0.2) is 0 Å². The summed E-state index contributed by atoms with van der Waals surface area (Å²) in [5.74, 6) is -0.0634. The van der Waals surface area contributed by atoms with Crippen LogP contribution >= 0.6 is 0 Å². The fourth-order valence-electron chi connectivity index (χ4n) is 4.10. The number of aromatic nitrogens is 2. The van der Waals surface area contributed by atoms with Crippen molar-refractivity contribution in [2.24, 2.45) is 0 Å². The molecule has 30 heavy (non-hydrogen) atoms. The lowest BCUT2D eigenvalue weighted by Crippen LogP contribution is -2.09. The van der Waals surface area contributed by atoms with Crippen LogP contribution in [-0.4, -0.2) is 15.8 Å². The average Bonchev–Trinajstić information content (AvgIpc) is 2.74. The van der Waals surface area contributed by atoms with Crippen LogP contribution in [-0.2, 0) is 0 Å². The van der Waals surface area contributed by atoms with Crippen molar-refractivity contribution in [1.82, 2.24) is 9.97 Å². The summed E-state index contributed by atoms with van der Waals surface area (Å²) < 4.78 is 0. The zero-order valence-corrected chi connectivity index (χ0v) is 17.7. The number of benzene rings is 2. The van der Waals surface area contributed by atoms with E-state index in [1.54, 1.807) is 12.4 Å². The van der Waals surface area contributed by atoms with E-state index in [2.05, 4.69) is 61.9 Å². The van der Waals surface area contributed by atoms with Crippen LogP contribution in [0.2, 0.25) is 0 Å². The van der Waals surface area contributed by atoms with Gasteiger partial charge in [-0.1, -0.05) is 36.4 Å². The topological polar surface area (TPSA) is 42.9 Å². The molecule has 0 saturated heterocycles. The first-order valence-electron chi connectivity index (χ1n) is 10.1. The number of hydrogen-bond acceptors (Lipinski definition) is 3. The summed E-state index contributed by atoms with van der Waals surface area (Å²) in [5.41, 5.74) is 9.05. The van der Waals surface area contributed by atoms with Crippen molar-refractivity contribution in [1.29, 1.82) is 0 Å². The van der Waals surface area contributed by atoms with Gasteiger partial charge < -0.3 is 0 Å². The van der Waals surface area contributed by atoms with E-state index < -0.39 is 0 Å². The molecule has 3 nitrogen and oxygen atoms in total. The molecule has 0 aliphatic rings. The molecule has 0 bridgehead atoms. The van der Waals surface area contributed by atoms with Gasteiger partial charge in [0.05, 0.1) is 11.4 Å². The number of rotatable bonds is 4. The molecule has 0 aliphatic carbocycles. The summed E-state index contributed by atoms with van der Waals surface area (Å²) in [6.45, 7) is 8.21. The highest BCUT2D eigenvalue weighted by Gasteiger charge is 2.22. The predicted octanol–water partition coefficient (Wildman–Crippen LogP) is 6.28. The highest BCUT2D eigenvalue weighted by molar-refractivity contribution is 6.15. The van der Waals surface area contributed by atoms with Gasteiger partial charge in [-0.05, 0) is 74.2 Å². The maximum absolute atomic E-state index is 13.8. The molecule has 0 spiro atoms. The summed E-state index contributed by atoms with van der Waals surface area (Å²) in [4.78, 5) is 23.0. The zero-order valence-electron chi connectivity index (χ0n) is 17.7. The number of aryl methyl sites for hydroxylation is 4. The molecule has 3 heteroatoms. The molecular formula is C27H24N2O. The minimum absolute atomic E-state index is 0.0634. The molecule has 0 unspecified atom stereocenters. The van der Waals surface area contributed by atoms with Gasteiger partial charge in [0.1, 0.15) is 0 Å². The summed E-state index contributed by atoms with van der Waals surface area (Å²) in [6.07, 6.45) is 3.49. The molecular weight excluding hydrogens is 368 g/mol. The molecule has 0 amide bonds. The Morgan fingerprint density at radius 3 is 1.30 bits per heavy atom. The molecule has 2 aromatic carbocycles. The summed E-state index contributed by atoms with van der Waals surface area (Å²) >= 11 is 0. The number of pyridine rings is 2. The molecule has 0 radical (unpaired) electrons. The van der Waals surface area contributed by atoms with Crippen LogP contribution in [0.15, 0.2) is 73.1 Å². The number of ketones is 1. The van der Waals surface area contributed by atoms with Crippen LogP contribution in [0, 0.1) is 27.7 Å². The third kappa shape index (κ3) is 3.43. The molecule has 2 aromatic heterocycles. The van der Waals surface area contributed by atoms with E-state index in [0.29, 0.717) is 11.1 Å². The smallest absolute Gasteiger partial charge is 0.197 e. The van der Waals surface area contributed by atoms with Gasteiger partial charge in [-0.15, -0.1) is 0 Å². The van der Waals surface area contributed by atoms with Crippen molar-refractivity contribution >= 4 is 5.78 Å². The number of carbonyl (C=O) groups excluding carboxylic acids is 1. The van der Waals surface area contributed by atoms with E-state index in [1.807, 2.05) is 36.4 Å². The lowest BCUT2D eigenvalue weighted by Gasteiger charge is -2.15. The monoisotopic (exact) mass is 392 g/mol. The van der Waals surface area contributed by atoms with Crippen LogP contribution < -0.4 is 0 Å². The van der Waals surface area contributed by atoms with Crippen molar-refractivity contribution < 1.29 is 4.79 Å². The summed E-state index contributed by atoms with van der Waals surface area (Å²) in [5, 5.41) is 0. The van der Waals surface area contributed by atoms with Gasteiger partial charge in [0.25, 0.3) is 0 Å². The van der Waals surface area contributed by atoms with Crippen molar-refractivity contribution in [2.45, 2.75) is 27.7 Å². The van der Waals surface area contributed by atoms with Crippen molar-refractivity contribution in [3.63, 3.8) is 0 Å². The molecule has 4 rings (SSSR count). The lowest BCUT2D eigenvalue weighted by atomic mass is 9.90. The second-order valence-corrected chi connectivity index (χ2v) is 7.66. The summed E-state index contributed by atoms with van der Waals surface area (Å²) in [6, 6.07) is 19.6. The molecule has 4 aromatic rings. The average molecular weight is 393 g/mol.